The largest absolute Gasteiger partial charge is 0.357 e. The van der Waals surface area contributed by atoms with Gasteiger partial charge >= 0.3 is 0 Å². The zero-order valence-electron chi connectivity index (χ0n) is 13.3. The second-order valence-electron chi connectivity index (χ2n) is 6.15. The molecule has 8 heteroatoms. The third-order valence-electron chi connectivity index (χ3n) is 4.51. The van der Waals surface area contributed by atoms with Crippen molar-refractivity contribution in [2.24, 2.45) is 0 Å². The Bertz CT molecular complexity index is 726. The second-order valence-corrected chi connectivity index (χ2v) is 7.80. The molecule has 7 nitrogen and oxygen atoms in total. The quantitative estimate of drug-likeness (QED) is 0.811. The number of hydrogen-bond acceptors (Lipinski definition) is 6. The Hall–Kier alpha value is -1.67. The number of aromatic nitrogens is 1. The van der Waals surface area contributed by atoms with Crippen LogP contribution < -0.4 is 10.2 Å². The van der Waals surface area contributed by atoms with Crippen molar-refractivity contribution in [1.82, 2.24) is 10.3 Å². The summed E-state index contributed by atoms with van der Waals surface area (Å²) < 4.78 is 27.4. The monoisotopic (exact) mass is 339 g/mol. The topological polar surface area (TPSA) is 88.6 Å². The smallest absolute Gasteiger partial charge is 0.264 e. The van der Waals surface area contributed by atoms with Gasteiger partial charge in [0.25, 0.3) is 16.0 Å². The molecule has 23 heavy (non-hydrogen) atoms. The van der Waals surface area contributed by atoms with Gasteiger partial charge < -0.3 is 10.2 Å². The normalized spacial score (nSPS) is 18.1. The molecule has 2 aliphatic rings. The summed E-state index contributed by atoms with van der Waals surface area (Å²) in [6.45, 7) is 0.208. The molecule has 1 aliphatic heterocycles. The minimum absolute atomic E-state index is 0.149. The van der Waals surface area contributed by atoms with Crippen molar-refractivity contribution in [3.05, 3.63) is 22.9 Å². The molecule has 1 fully saturated rings. The summed E-state index contributed by atoms with van der Waals surface area (Å²) >= 11 is 0. The van der Waals surface area contributed by atoms with Crippen LogP contribution in [0.5, 0.6) is 0 Å². The van der Waals surface area contributed by atoms with Crippen molar-refractivity contribution in [3.8, 4) is 0 Å². The molecule has 0 atom stereocenters. The minimum atomic E-state index is -3.56. The summed E-state index contributed by atoms with van der Waals surface area (Å²) in [7, 11) is -1.59. The maximum absolute atomic E-state index is 12.0. The van der Waals surface area contributed by atoms with E-state index in [1.807, 2.05) is 7.05 Å². The molecular formula is C15H21N3O4S. The number of carbonyl (C=O) groups excluding carboxylic acids is 1. The zero-order chi connectivity index (χ0) is 16.6. The van der Waals surface area contributed by atoms with Gasteiger partial charge in [-0.15, -0.1) is 0 Å². The molecule has 0 unspecified atom stereocenters. The SMILES string of the molecule is CN(c1cc2c(c(COS(C)(=O)=O)n1)CNC2=O)C1CCCC1. The molecule has 0 spiro atoms. The minimum Gasteiger partial charge on any atom is -0.357 e. The predicted molar refractivity (Wildman–Crippen MR) is 85.7 cm³/mol. The summed E-state index contributed by atoms with van der Waals surface area (Å²) in [6.07, 6.45) is 5.62. The molecule has 1 N–H and O–H groups in total. The third kappa shape index (κ3) is 3.48. The van der Waals surface area contributed by atoms with E-state index >= 15 is 0 Å². The highest BCUT2D eigenvalue weighted by Gasteiger charge is 2.27. The van der Waals surface area contributed by atoms with Crippen LogP contribution in [-0.2, 0) is 27.5 Å². The van der Waals surface area contributed by atoms with Gasteiger partial charge in [0, 0.05) is 30.8 Å². The van der Waals surface area contributed by atoms with Crippen LogP contribution in [0.15, 0.2) is 6.07 Å². The van der Waals surface area contributed by atoms with Gasteiger partial charge in [-0.2, -0.15) is 8.42 Å². The molecule has 1 saturated carbocycles. The van der Waals surface area contributed by atoms with Crippen LogP contribution in [0, 0.1) is 0 Å². The number of pyridine rings is 1. The lowest BCUT2D eigenvalue weighted by Crippen LogP contribution is -2.30. The summed E-state index contributed by atoms with van der Waals surface area (Å²) in [4.78, 5) is 18.7. The molecule has 1 amide bonds. The lowest BCUT2D eigenvalue weighted by atomic mass is 10.1. The summed E-state index contributed by atoms with van der Waals surface area (Å²) in [5, 5.41) is 2.76. The van der Waals surface area contributed by atoms with Crippen LogP contribution in [0.3, 0.4) is 0 Å². The number of hydrogen-bond donors (Lipinski definition) is 1. The van der Waals surface area contributed by atoms with Crippen molar-refractivity contribution >= 4 is 21.8 Å². The van der Waals surface area contributed by atoms with Gasteiger partial charge in [0.15, 0.2) is 0 Å². The fourth-order valence-electron chi connectivity index (χ4n) is 3.21. The Labute approximate surface area is 136 Å². The first-order valence-corrected chi connectivity index (χ1v) is 9.55. The van der Waals surface area contributed by atoms with Crippen molar-refractivity contribution in [3.63, 3.8) is 0 Å². The third-order valence-corrected chi connectivity index (χ3v) is 5.06. The fraction of sp³-hybridized carbons (Fsp3) is 0.600. The zero-order valence-corrected chi connectivity index (χ0v) is 14.1. The summed E-state index contributed by atoms with van der Waals surface area (Å²) in [6, 6.07) is 2.20. The highest BCUT2D eigenvalue weighted by Crippen LogP contribution is 2.29. The van der Waals surface area contributed by atoms with Crippen LogP contribution >= 0.6 is 0 Å². The van der Waals surface area contributed by atoms with Crippen LogP contribution in [0.1, 0.15) is 47.3 Å². The van der Waals surface area contributed by atoms with Gasteiger partial charge in [-0.1, -0.05) is 12.8 Å². The fourth-order valence-corrected chi connectivity index (χ4v) is 3.54. The van der Waals surface area contributed by atoms with Gasteiger partial charge in [-0.05, 0) is 18.9 Å². The van der Waals surface area contributed by atoms with Crippen LogP contribution in [-0.4, -0.2) is 38.7 Å². The Balaban J connectivity index is 1.94. The van der Waals surface area contributed by atoms with E-state index in [1.165, 1.54) is 12.8 Å². The van der Waals surface area contributed by atoms with E-state index in [0.717, 1.165) is 24.7 Å². The van der Waals surface area contributed by atoms with Crippen LogP contribution in [0.25, 0.3) is 0 Å². The van der Waals surface area contributed by atoms with E-state index in [9.17, 15) is 13.2 Å². The Morgan fingerprint density at radius 2 is 2.09 bits per heavy atom. The molecule has 2 heterocycles. The lowest BCUT2D eigenvalue weighted by molar-refractivity contribution is 0.0965. The van der Waals surface area contributed by atoms with E-state index in [-0.39, 0.29) is 12.5 Å². The molecule has 126 valence electrons. The number of nitrogens with zero attached hydrogens (tertiary/aromatic N) is 2. The van der Waals surface area contributed by atoms with Gasteiger partial charge in [-0.25, -0.2) is 4.98 Å². The van der Waals surface area contributed by atoms with Crippen LogP contribution in [0.2, 0.25) is 0 Å². The molecule has 1 aromatic rings. The number of amides is 1. The number of rotatable bonds is 5. The maximum Gasteiger partial charge on any atom is 0.264 e. The number of fused-ring (bicyclic) bond motifs is 1. The van der Waals surface area contributed by atoms with Gasteiger partial charge in [0.05, 0.1) is 11.9 Å². The van der Waals surface area contributed by atoms with E-state index in [4.69, 9.17) is 4.18 Å². The molecule has 0 radical (unpaired) electrons. The lowest BCUT2D eigenvalue weighted by Gasteiger charge is -2.26. The van der Waals surface area contributed by atoms with Crippen LogP contribution in [0.4, 0.5) is 5.82 Å². The van der Waals surface area contributed by atoms with E-state index in [1.54, 1.807) is 6.07 Å². The molecule has 0 bridgehead atoms. The molecule has 1 aliphatic carbocycles. The van der Waals surface area contributed by atoms with Crippen molar-refractivity contribution in [2.75, 3.05) is 18.2 Å². The average Bonchev–Trinajstić information content (AvgIpc) is 3.14. The van der Waals surface area contributed by atoms with Crippen molar-refractivity contribution in [1.29, 1.82) is 0 Å². The first-order valence-electron chi connectivity index (χ1n) is 7.73. The molecule has 0 saturated heterocycles. The van der Waals surface area contributed by atoms with Crippen molar-refractivity contribution in [2.45, 2.75) is 44.9 Å². The highest BCUT2D eigenvalue weighted by molar-refractivity contribution is 7.85. The number of carbonyl (C=O) groups is 1. The van der Waals surface area contributed by atoms with Gasteiger partial charge in [0.2, 0.25) is 0 Å². The Morgan fingerprint density at radius 1 is 1.39 bits per heavy atom. The summed E-state index contributed by atoms with van der Waals surface area (Å²) in [5.74, 6) is 0.545. The first-order chi connectivity index (χ1) is 10.8. The molecule has 0 aromatic carbocycles. The first kappa shape index (κ1) is 16.2. The average molecular weight is 339 g/mol. The molecule has 3 rings (SSSR count). The second kappa shape index (κ2) is 6.09. The van der Waals surface area contributed by atoms with Gasteiger partial charge in [-0.3, -0.25) is 8.98 Å². The van der Waals surface area contributed by atoms with Gasteiger partial charge in [0.1, 0.15) is 12.4 Å². The highest BCUT2D eigenvalue weighted by atomic mass is 32.2. The Morgan fingerprint density at radius 3 is 2.74 bits per heavy atom. The number of nitrogens with one attached hydrogen (secondary N) is 1. The Kier molecular flexibility index (Phi) is 4.29. The van der Waals surface area contributed by atoms with Crippen molar-refractivity contribution < 1.29 is 17.4 Å². The standard InChI is InChI=1S/C15H21N3O4S/c1-18(10-5-3-4-6-10)14-7-11-12(8-16-15(11)19)13(17-14)9-22-23(2,20)21/h7,10H,3-6,8-9H2,1-2H3,(H,16,19). The number of anilines is 1. The van der Waals surface area contributed by atoms with E-state index < -0.39 is 10.1 Å². The molecule has 1 aromatic heterocycles. The summed E-state index contributed by atoms with van der Waals surface area (Å²) in [5.41, 5.74) is 1.79. The van der Waals surface area contributed by atoms with E-state index in [0.29, 0.717) is 29.7 Å². The predicted octanol–water partition coefficient (Wildman–Crippen LogP) is 1.18. The molecular weight excluding hydrogens is 318 g/mol. The maximum atomic E-state index is 12.0. The van der Waals surface area contributed by atoms with E-state index in [2.05, 4.69) is 15.2 Å².